The van der Waals surface area contributed by atoms with Crippen LogP contribution < -0.4 is 0 Å². The SMILES string of the molecule is O=[N+]([O-])c1cccc(S(=O)(=O)N2CCC[C@@H](C(F)(F)F)C2)c1. The zero-order chi connectivity index (χ0) is 16.5. The van der Waals surface area contributed by atoms with Crippen molar-refractivity contribution in [2.75, 3.05) is 13.1 Å². The summed E-state index contributed by atoms with van der Waals surface area (Å²) in [5, 5.41) is 10.7. The first-order valence-corrected chi connectivity index (χ1v) is 7.87. The molecule has 0 aromatic heterocycles. The minimum atomic E-state index is -4.46. The van der Waals surface area contributed by atoms with Crippen LogP contribution in [0.25, 0.3) is 0 Å². The van der Waals surface area contributed by atoms with E-state index >= 15 is 0 Å². The van der Waals surface area contributed by atoms with E-state index in [0.29, 0.717) is 0 Å². The molecule has 10 heteroatoms. The monoisotopic (exact) mass is 338 g/mol. The second kappa shape index (κ2) is 5.84. The van der Waals surface area contributed by atoms with Crippen molar-refractivity contribution < 1.29 is 26.5 Å². The highest BCUT2D eigenvalue weighted by Crippen LogP contribution is 2.35. The van der Waals surface area contributed by atoms with Crippen LogP contribution in [0, 0.1) is 16.0 Å². The summed E-state index contributed by atoms with van der Waals surface area (Å²) < 4.78 is 63.8. The average Bonchev–Trinajstić information content (AvgIpc) is 2.46. The van der Waals surface area contributed by atoms with Gasteiger partial charge in [-0.2, -0.15) is 17.5 Å². The molecule has 0 N–H and O–H groups in total. The van der Waals surface area contributed by atoms with E-state index in [9.17, 15) is 31.7 Å². The number of hydrogen-bond donors (Lipinski definition) is 0. The number of halogens is 3. The first-order valence-electron chi connectivity index (χ1n) is 6.43. The molecule has 1 aromatic rings. The molecule has 1 aromatic carbocycles. The zero-order valence-electron chi connectivity index (χ0n) is 11.3. The lowest BCUT2D eigenvalue weighted by molar-refractivity contribution is -0.385. The number of nitrogens with zero attached hydrogens (tertiary/aromatic N) is 2. The predicted octanol–water partition coefficient (Wildman–Crippen LogP) is 2.56. The van der Waals surface area contributed by atoms with Gasteiger partial charge in [0.15, 0.2) is 0 Å². The molecule has 0 aliphatic carbocycles. The van der Waals surface area contributed by atoms with Crippen LogP contribution in [-0.4, -0.2) is 36.9 Å². The molecule has 0 unspecified atom stereocenters. The molecule has 1 aliphatic heterocycles. The molecule has 1 atom stereocenters. The Kier molecular flexibility index (Phi) is 4.43. The Morgan fingerprint density at radius 1 is 1.32 bits per heavy atom. The molecule has 2 rings (SSSR count). The lowest BCUT2D eigenvalue weighted by Gasteiger charge is -2.32. The van der Waals surface area contributed by atoms with Crippen molar-refractivity contribution in [3.05, 3.63) is 34.4 Å². The maximum absolute atomic E-state index is 12.8. The standard InChI is InChI=1S/C12H13F3N2O4S/c13-12(14,15)9-3-2-6-16(8-9)22(20,21)11-5-1-4-10(7-11)17(18)19/h1,4-5,7,9H,2-3,6,8H2/t9-/m1/s1. The van der Waals surface area contributed by atoms with E-state index in [1.807, 2.05) is 0 Å². The summed E-state index contributed by atoms with van der Waals surface area (Å²) in [4.78, 5) is 9.56. The lowest BCUT2D eigenvalue weighted by Crippen LogP contribution is -2.44. The Balaban J connectivity index is 2.30. The van der Waals surface area contributed by atoms with Crippen LogP contribution >= 0.6 is 0 Å². The normalized spacial score (nSPS) is 20.8. The fraction of sp³-hybridized carbons (Fsp3) is 0.500. The van der Waals surface area contributed by atoms with E-state index in [1.54, 1.807) is 0 Å². The minimum absolute atomic E-state index is 0.0302. The molecule has 0 bridgehead atoms. The third kappa shape index (κ3) is 3.38. The Morgan fingerprint density at radius 3 is 2.59 bits per heavy atom. The Labute approximate surface area is 124 Å². The third-order valence-corrected chi connectivity index (χ3v) is 5.37. The van der Waals surface area contributed by atoms with Gasteiger partial charge in [0.25, 0.3) is 5.69 Å². The maximum atomic E-state index is 12.8. The number of nitro benzene ring substituents is 1. The van der Waals surface area contributed by atoms with E-state index in [-0.39, 0.29) is 24.3 Å². The highest BCUT2D eigenvalue weighted by atomic mass is 32.2. The number of piperidine rings is 1. The second-order valence-electron chi connectivity index (χ2n) is 5.00. The molecule has 0 amide bonds. The summed E-state index contributed by atoms with van der Waals surface area (Å²) >= 11 is 0. The van der Waals surface area contributed by atoms with Gasteiger partial charge >= 0.3 is 6.18 Å². The van der Waals surface area contributed by atoms with Crippen LogP contribution in [0.1, 0.15) is 12.8 Å². The molecule has 6 nitrogen and oxygen atoms in total. The minimum Gasteiger partial charge on any atom is -0.258 e. The van der Waals surface area contributed by atoms with Crippen molar-refractivity contribution in [2.24, 2.45) is 5.92 Å². The molecule has 0 saturated carbocycles. The molecule has 122 valence electrons. The quantitative estimate of drug-likeness (QED) is 0.626. The lowest BCUT2D eigenvalue weighted by atomic mass is 9.99. The van der Waals surface area contributed by atoms with Crippen molar-refractivity contribution in [2.45, 2.75) is 23.9 Å². The molecule has 1 saturated heterocycles. The van der Waals surface area contributed by atoms with Crippen LogP contribution in [0.15, 0.2) is 29.2 Å². The Morgan fingerprint density at radius 2 is 2.00 bits per heavy atom. The Bertz CT molecular complexity index is 675. The van der Waals surface area contributed by atoms with Gasteiger partial charge in [-0.05, 0) is 18.9 Å². The van der Waals surface area contributed by atoms with Crippen molar-refractivity contribution in [1.29, 1.82) is 0 Å². The number of nitro groups is 1. The summed E-state index contributed by atoms with van der Waals surface area (Å²) in [5.74, 6) is -1.71. The van der Waals surface area contributed by atoms with Crippen molar-refractivity contribution >= 4 is 15.7 Å². The van der Waals surface area contributed by atoms with Crippen molar-refractivity contribution in [3.63, 3.8) is 0 Å². The van der Waals surface area contributed by atoms with E-state index in [2.05, 4.69) is 0 Å². The van der Waals surface area contributed by atoms with E-state index < -0.39 is 39.3 Å². The molecule has 1 heterocycles. The summed E-state index contributed by atoms with van der Waals surface area (Å²) in [5.41, 5.74) is -0.426. The summed E-state index contributed by atoms with van der Waals surface area (Å²) in [7, 11) is -4.18. The van der Waals surface area contributed by atoms with Gasteiger partial charge < -0.3 is 0 Å². The highest BCUT2D eigenvalue weighted by molar-refractivity contribution is 7.89. The average molecular weight is 338 g/mol. The third-order valence-electron chi connectivity index (χ3n) is 3.51. The molecular weight excluding hydrogens is 325 g/mol. The van der Waals surface area contributed by atoms with E-state index in [0.717, 1.165) is 22.5 Å². The smallest absolute Gasteiger partial charge is 0.258 e. The predicted molar refractivity (Wildman–Crippen MR) is 70.6 cm³/mol. The number of alkyl halides is 3. The van der Waals surface area contributed by atoms with Crippen molar-refractivity contribution in [3.8, 4) is 0 Å². The maximum Gasteiger partial charge on any atom is 0.393 e. The molecule has 1 aliphatic rings. The molecular formula is C12H13F3N2O4S. The summed E-state index contributed by atoms with van der Waals surface area (Å²) in [6, 6.07) is 4.30. The van der Waals surface area contributed by atoms with Crippen LogP contribution in [0.3, 0.4) is 0 Å². The first-order chi connectivity index (χ1) is 10.1. The van der Waals surface area contributed by atoms with Gasteiger partial charge in [-0.25, -0.2) is 8.42 Å². The number of benzene rings is 1. The summed E-state index contributed by atoms with van der Waals surface area (Å²) in [6.45, 7) is -0.688. The van der Waals surface area contributed by atoms with Gasteiger partial charge in [0.2, 0.25) is 10.0 Å². The second-order valence-corrected chi connectivity index (χ2v) is 6.94. The van der Waals surface area contributed by atoms with Crippen LogP contribution in [0.5, 0.6) is 0 Å². The number of rotatable bonds is 3. The van der Waals surface area contributed by atoms with Gasteiger partial charge in [-0.1, -0.05) is 6.07 Å². The highest BCUT2D eigenvalue weighted by Gasteiger charge is 2.44. The number of sulfonamides is 1. The number of hydrogen-bond acceptors (Lipinski definition) is 4. The van der Waals surface area contributed by atoms with Crippen molar-refractivity contribution in [1.82, 2.24) is 4.31 Å². The largest absolute Gasteiger partial charge is 0.393 e. The van der Waals surface area contributed by atoms with Gasteiger partial charge in [0.05, 0.1) is 15.7 Å². The first kappa shape index (κ1) is 16.7. The fourth-order valence-corrected chi connectivity index (χ4v) is 3.90. The molecule has 0 radical (unpaired) electrons. The van der Waals surface area contributed by atoms with Gasteiger partial charge in [0, 0.05) is 25.2 Å². The molecule has 22 heavy (non-hydrogen) atoms. The van der Waals surface area contributed by atoms with E-state index in [1.165, 1.54) is 6.07 Å². The topological polar surface area (TPSA) is 80.5 Å². The van der Waals surface area contributed by atoms with Gasteiger partial charge in [-0.15, -0.1) is 0 Å². The van der Waals surface area contributed by atoms with Crippen LogP contribution in [-0.2, 0) is 10.0 Å². The zero-order valence-corrected chi connectivity index (χ0v) is 12.1. The van der Waals surface area contributed by atoms with Crippen LogP contribution in [0.2, 0.25) is 0 Å². The van der Waals surface area contributed by atoms with Crippen LogP contribution in [0.4, 0.5) is 18.9 Å². The van der Waals surface area contributed by atoms with Gasteiger partial charge in [0.1, 0.15) is 0 Å². The summed E-state index contributed by atoms with van der Waals surface area (Å²) in [6.07, 6.45) is -4.49. The molecule has 1 fully saturated rings. The fourth-order valence-electron chi connectivity index (χ4n) is 2.33. The van der Waals surface area contributed by atoms with Gasteiger partial charge in [-0.3, -0.25) is 10.1 Å². The Hall–Kier alpha value is -1.68. The van der Waals surface area contributed by atoms with E-state index in [4.69, 9.17) is 0 Å². The molecule has 0 spiro atoms. The number of non-ortho nitro benzene ring substituents is 1.